The van der Waals surface area contributed by atoms with E-state index >= 15 is 0 Å². The van der Waals surface area contributed by atoms with Gasteiger partial charge in [0.25, 0.3) is 0 Å². The molecule has 0 saturated carbocycles. The van der Waals surface area contributed by atoms with Gasteiger partial charge in [-0.25, -0.2) is 0 Å². The Hall–Kier alpha value is -0.0800. The lowest BCUT2D eigenvalue weighted by Crippen LogP contribution is -2.31. The second-order valence-corrected chi connectivity index (χ2v) is 2.58. The number of hydrogen-bond acceptors (Lipinski definition) is 2. The van der Waals surface area contributed by atoms with Crippen molar-refractivity contribution in [3.05, 3.63) is 0 Å². The second kappa shape index (κ2) is 3.18. The van der Waals surface area contributed by atoms with Crippen molar-refractivity contribution in [3.63, 3.8) is 0 Å². The average molecular weight is 130 g/mol. The summed E-state index contributed by atoms with van der Waals surface area (Å²) in [5, 5.41) is 0. The maximum Gasteiger partial charge on any atom is 0.147 e. The maximum atomic E-state index is 5.32. The van der Waals surface area contributed by atoms with Crippen molar-refractivity contribution in [2.75, 3.05) is 13.4 Å². The Morgan fingerprint density at radius 2 is 2.33 bits per heavy atom. The maximum absolute atomic E-state index is 5.32. The summed E-state index contributed by atoms with van der Waals surface area (Å²) in [6, 6.07) is 0. The molecule has 2 unspecified atom stereocenters. The predicted molar refractivity (Wildman–Crippen MR) is 35.1 cm³/mol. The minimum atomic E-state index is 0.429. The highest BCUT2D eigenvalue weighted by atomic mass is 16.7. The lowest BCUT2D eigenvalue weighted by atomic mass is 10.0. The number of ether oxygens (including phenoxy) is 2. The Morgan fingerprint density at radius 1 is 1.56 bits per heavy atom. The van der Waals surface area contributed by atoms with E-state index in [4.69, 9.17) is 9.47 Å². The first-order valence-electron chi connectivity index (χ1n) is 3.54. The van der Waals surface area contributed by atoms with Crippen LogP contribution in [0.25, 0.3) is 0 Å². The standard InChI is InChI=1S/C7H14O2/c1-3-7-6(2)4-8-5-9-7/h6-7H,3-5H2,1-2H3. The lowest BCUT2D eigenvalue weighted by molar-refractivity contribution is -0.166. The molecule has 0 radical (unpaired) electrons. The van der Waals surface area contributed by atoms with Gasteiger partial charge < -0.3 is 9.47 Å². The minimum Gasteiger partial charge on any atom is -0.355 e. The van der Waals surface area contributed by atoms with Crippen molar-refractivity contribution >= 4 is 0 Å². The first kappa shape index (κ1) is 7.03. The molecule has 0 N–H and O–H groups in total. The Balaban J connectivity index is 2.30. The summed E-state index contributed by atoms with van der Waals surface area (Å²) in [7, 11) is 0. The SMILES string of the molecule is CCC1OCOCC1C. The fourth-order valence-corrected chi connectivity index (χ4v) is 1.16. The van der Waals surface area contributed by atoms with Crippen LogP contribution in [-0.2, 0) is 9.47 Å². The average Bonchev–Trinajstić information content (AvgIpc) is 1.89. The van der Waals surface area contributed by atoms with Gasteiger partial charge in [-0.3, -0.25) is 0 Å². The molecule has 1 saturated heterocycles. The zero-order chi connectivity index (χ0) is 6.69. The molecule has 0 aromatic rings. The van der Waals surface area contributed by atoms with Gasteiger partial charge in [0, 0.05) is 5.92 Å². The molecule has 1 aliphatic rings. The van der Waals surface area contributed by atoms with Gasteiger partial charge in [0.15, 0.2) is 0 Å². The highest BCUT2D eigenvalue weighted by Crippen LogP contribution is 2.15. The molecule has 54 valence electrons. The van der Waals surface area contributed by atoms with Gasteiger partial charge in [-0.15, -0.1) is 0 Å². The fourth-order valence-electron chi connectivity index (χ4n) is 1.16. The van der Waals surface area contributed by atoms with Crippen LogP contribution in [0, 0.1) is 5.92 Å². The van der Waals surface area contributed by atoms with Crippen LogP contribution in [0.15, 0.2) is 0 Å². The van der Waals surface area contributed by atoms with Crippen LogP contribution < -0.4 is 0 Å². The molecule has 9 heavy (non-hydrogen) atoms. The molecule has 2 nitrogen and oxygen atoms in total. The predicted octanol–water partition coefficient (Wildman–Crippen LogP) is 1.41. The van der Waals surface area contributed by atoms with Gasteiger partial charge >= 0.3 is 0 Å². The summed E-state index contributed by atoms with van der Waals surface area (Å²) in [6.45, 7) is 5.65. The highest BCUT2D eigenvalue weighted by molar-refractivity contribution is 4.65. The van der Waals surface area contributed by atoms with Crippen LogP contribution in [0.3, 0.4) is 0 Å². The Labute approximate surface area is 56.2 Å². The van der Waals surface area contributed by atoms with E-state index in [9.17, 15) is 0 Å². The third-order valence-electron chi connectivity index (χ3n) is 1.78. The molecular formula is C7H14O2. The molecule has 2 atom stereocenters. The fraction of sp³-hybridized carbons (Fsp3) is 1.00. The topological polar surface area (TPSA) is 18.5 Å². The van der Waals surface area contributed by atoms with Gasteiger partial charge in [0.05, 0.1) is 12.7 Å². The third-order valence-corrected chi connectivity index (χ3v) is 1.78. The molecule has 1 aliphatic heterocycles. The van der Waals surface area contributed by atoms with E-state index in [2.05, 4.69) is 13.8 Å². The zero-order valence-corrected chi connectivity index (χ0v) is 6.09. The van der Waals surface area contributed by atoms with Crippen molar-refractivity contribution in [2.45, 2.75) is 26.4 Å². The molecule has 1 heterocycles. The van der Waals surface area contributed by atoms with E-state index in [-0.39, 0.29) is 0 Å². The molecular weight excluding hydrogens is 116 g/mol. The highest BCUT2D eigenvalue weighted by Gasteiger charge is 2.19. The Bertz CT molecular complexity index is 83.0. The summed E-state index contributed by atoms with van der Waals surface area (Å²) >= 11 is 0. The van der Waals surface area contributed by atoms with Crippen LogP contribution >= 0.6 is 0 Å². The van der Waals surface area contributed by atoms with Crippen LogP contribution in [-0.4, -0.2) is 19.5 Å². The Kier molecular flexibility index (Phi) is 2.49. The van der Waals surface area contributed by atoms with E-state index in [0.717, 1.165) is 13.0 Å². The first-order valence-corrected chi connectivity index (χ1v) is 3.54. The normalized spacial score (nSPS) is 36.7. The van der Waals surface area contributed by atoms with Crippen molar-refractivity contribution in [2.24, 2.45) is 5.92 Å². The first-order chi connectivity index (χ1) is 4.34. The quantitative estimate of drug-likeness (QED) is 0.534. The summed E-state index contributed by atoms with van der Waals surface area (Å²) in [4.78, 5) is 0. The van der Waals surface area contributed by atoms with E-state index in [1.54, 1.807) is 0 Å². The summed E-state index contributed by atoms with van der Waals surface area (Å²) < 4.78 is 10.4. The smallest absolute Gasteiger partial charge is 0.147 e. The van der Waals surface area contributed by atoms with Gasteiger partial charge in [-0.05, 0) is 6.42 Å². The van der Waals surface area contributed by atoms with Crippen LogP contribution in [0.2, 0.25) is 0 Å². The summed E-state index contributed by atoms with van der Waals surface area (Å²) in [6.07, 6.45) is 1.53. The Morgan fingerprint density at radius 3 is 2.78 bits per heavy atom. The van der Waals surface area contributed by atoms with E-state index < -0.39 is 0 Å². The molecule has 0 aromatic carbocycles. The van der Waals surface area contributed by atoms with Gasteiger partial charge in [0.2, 0.25) is 0 Å². The lowest BCUT2D eigenvalue weighted by Gasteiger charge is -2.27. The molecule has 1 fully saturated rings. The van der Waals surface area contributed by atoms with Gasteiger partial charge in [-0.2, -0.15) is 0 Å². The molecule has 0 aliphatic carbocycles. The molecule has 0 amide bonds. The molecule has 0 bridgehead atoms. The monoisotopic (exact) mass is 130 g/mol. The van der Waals surface area contributed by atoms with E-state index in [1.807, 2.05) is 0 Å². The number of hydrogen-bond donors (Lipinski definition) is 0. The van der Waals surface area contributed by atoms with Crippen LogP contribution in [0.4, 0.5) is 0 Å². The molecule has 0 aromatic heterocycles. The van der Waals surface area contributed by atoms with Crippen LogP contribution in [0.1, 0.15) is 20.3 Å². The molecule has 1 rings (SSSR count). The zero-order valence-electron chi connectivity index (χ0n) is 6.09. The van der Waals surface area contributed by atoms with Crippen molar-refractivity contribution in [1.29, 1.82) is 0 Å². The third kappa shape index (κ3) is 1.66. The van der Waals surface area contributed by atoms with Crippen LogP contribution in [0.5, 0.6) is 0 Å². The van der Waals surface area contributed by atoms with E-state index in [0.29, 0.717) is 18.8 Å². The number of rotatable bonds is 1. The largest absolute Gasteiger partial charge is 0.355 e. The summed E-state index contributed by atoms with van der Waals surface area (Å²) in [5.74, 6) is 0.573. The minimum absolute atomic E-state index is 0.429. The van der Waals surface area contributed by atoms with Gasteiger partial charge in [-0.1, -0.05) is 13.8 Å². The van der Waals surface area contributed by atoms with Crippen molar-refractivity contribution in [1.82, 2.24) is 0 Å². The van der Waals surface area contributed by atoms with Gasteiger partial charge in [0.1, 0.15) is 6.79 Å². The van der Waals surface area contributed by atoms with E-state index in [1.165, 1.54) is 0 Å². The van der Waals surface area contributed by atoms with Crippen molar-refractivity contribution < 1.29 is 9.47 Å². The summed E-state index contributed by atoms with van der Waals surface area (Å²) in [5.41, 5.74) is 0. The molecule has 0 spiro atoms. The second-order valence-electron chi connectivity index (χ2n) is 2.58. The van der Waals surface area contributed by atoms with Crippen molar-refractivity contribution in [3.8, 4) is 0 Å². The molecule has 2 heteroatoms.